The summed E-state index contributed by atoms with van der Waals surface area (Å²) in [5, 5.41) is 22.5. The largest absolute Gasteiger partial charge is 0.480 e. The van der Waals surface area contributed by atoms with Gasteiger partial charge in [-0.3, -0.25) is 19.0 Å². The van der Waals surface area contributed by atoms with Gasteiger partial charge >= 0.3 is 5.97 Å². The van der Waals surface area contributed by atoms with Gasteiger partial charge in [0.2, 0.25) is 0 Å². The van der Waals surface area contributed by atoms with Crippen LogP contribution in [-0.4, -0.2) is 42.1 Å². The molecule has 0 fully saturated rings. The highest BCUT2D eigenvalue weighted by Crippen LogP contribution is 2.33. The lowest BCUT2D eigenvalue weighted by Crippen LogP contribution is -2.28. The number of hydrogen-bond donors (Lipinski definition) is 2. The van der Waals surface area contributed by atoms with Gasteiger partial charge in [0.05, 0.1) is 27.1 Å². The van der Waals surface area contributed by atoms with Crippen molar-refractivity contribution in [2.45, 2.75) is 33.4 Å². The van der Waals surface area contributed by atoms with Gasteiger partial charge in [-0.2, -0.15) is 0 Å². The number of amides is 1. The number of nitrogens with zero attached hydrogens (tertiary/aromatic N) is 4. The molecule has 40 heavy (non-hydrogen) atoms. The number of halogens is 2. The second-order valence-electron chi connectivity index (χ2n) is 8.94. The van der Waals surface area contributed by atoms with Crippen LogP contribution >= 0.6 is 38.9 Å². The molecule has 0 unspecified atom stereocenters. The van der Waals surface area contributed by atoms with Gasteiger partial charge < -0.3 is 15.0 Å². The summed E-state index contributed by atoms with van der Waals surface area (Å²) < 4.78 is 3.72. The molecule has 2 aromatic carbocycles. The first kappa shape index (κ1) is 27.8. The van der Waals surface area contributed by atoms with Gasteiger partial charge in [0.1, 0.15) is 23.1 Å². The maximum Gasteiger partial charge on any atom is 0.323 e. The number of carboxylic acid groups (broad SMARTS) is 1. The molecule has 1 amide bonds. The van der Waals surface area contributed by atoms with E-state index in [9.17, 15) is 19.5 Å². The Morgan fingerprint density at radius 1 is 1.07 bits per heavy atom. The third-order valence-corrected chi connectivity index (χ3v) is 8.79. The van der Waals surface area contributed by atoms with Crippen LogP contribution in [0.4, 0.5) is 0 Å². The Kier molecular flexibility index (Phi) is 7.88. The summed E-state index contributed by atoms with van der Waals surface area (Å²) in [7, 11) is 0. The van der Waals surface area contributed by atoms with E-state index in [1.807, 2.05) is 25.1 Å². The maximum atomic E-state index is 13.6. The van der Waals surface area contributed by atoms with Crippen molar-refractivity contribution in [3.05, 3.63) is 97.4 Å². The van der Waals surface area contributed by atoms with Crippen LogP contribution in [0.5, 0.6) is 0 Å². The molecule has 2 N–H and O–H groups in total. The van der Waals surface area contributed by atoms with E-state index in [0.29, 0.717) is 42.8 Å². The molecule has 5 rings (SSSR count). The Labute approximate surface area is 246 Å². The molecule has 12 heteroatoms. The fourth-order valence-electron chi connectivity index (χ4n) is 4.54. The molecule has 0 spiro atoms. The second-order valence-corrected chi connectivity index (χ2v) is 11.3. The number of carbonyl (C=O) groups is 3. The number of para-hydroxylation sites is 1. The third kappa shape index (κ3) is 5.07. The Hall–Kier alpha value is -3.80. The van der Waals surface area contributed by atoms with Crippen molar-refractivity contribution in [3.63, 3.8) is 0 Å². The normalized spacial score (nSPS) is 11.2. The summed E-state index contributed by atoms with van der Waals surface area (Å²) >= 11 is 11.3. The van der Waals surface area contributed by atoms with E-state index in [0.717, 1.165) is 16.7 Å². The average Bonchev–Trinajstić information content (AvgIpc) is 3.60. The minimum atomic E-state index is -1.07. The van der Waals surface area contributed by atoms with Gasteiger partial charge in [-0.15, -0.1) is 21.5 Å². The number of fused-ring (bicyclic) bond motifs is 1. The molecule has 3 heterocycles. The van der Waals surface area contributed by atoms with Crippen molar-refractivity contribution in [1.29, 1.82) is 0 Å². The van der Waals surface area contributed by atoms with Crippen LogP contribution < -0.4 is 5.32 Å². The topological polar surface area (TPSA) is 119 Å². The zero-order valence-corrected chi connectivity index (χ0v) is 24.6. The van der Waals surface area contributed by atoms with E-state index in [1.165, 1.54) is 15.9 Å². The lowest BCUT2D eigenvalue weighted by Gasteiger charge is -2.12. The molecule has 0 bridgehead atoms. The zero-order chi connectivity index (χ0) is 28.6. The number of aliphatic carboxylic acids is 1. The van der Waals surface area contributed by atoms with Gasteiger partial charge in [0.15, 0.2) is 11.6 Å². The van der Waals surface area contributed by atoms with Gasteiger partial charge in [-0.05, 0) is 53.5 Å². The number of nitrogens with one attached hydrogen (secondary N) is 1. The number of aryl methyl sites for hydroxylation is 2. The molecule has 0 radical (unpaired) electrons. The molecule has 9 nitrogen and oxygen atoms in total. The number of ketones is 1. The summed E-state index contributed by atoms with van der Waals surface area (Å²) in [5.74, 6) is -0.812. The minimum absolute atomic E-state index is 0.0141. The quantitative estimate of drug-likeness (QED) is 0.196. The number of thiophene rings is 1. The van der Waals surface area contributed by atoms with E-state index in [-0.39, 0.29) is 24.6 Å². The Bertz CT molecular complexity index is 1790. The summed E-state index contributed by atoms with van der Waals surface area (Å²) in [6, 6.07) is 15.9. The van der Waals surface area contributed by atoms with Gasteiger partial charge in [-0.25, -0.2) is 0 Å². The van der Waals surface area contributed by atoms with Crippen LogP contribution in [0.15, 0.2) is 59.1 Å². The molecule has 3 aromatic heterocycles. The Morgan fingerprint density at radius 2 is 1.80 bits per heavy atom. The number of carbonyl (C=O) groups excluding carboxylic acids is 2. The molecule has 204 valence electrons. The van der Waals surface area contributed by atoms with E-state index in [2.05, 4.69) is 31.4 Å². The van der Waals surface area contributed by atoms with Crippen LogP contribution in [0, 0.1) is 6.92 Å². The molecule has 0 atom stereocenters. The first-order valence-electron chi connectivity index (χ1n) is 12.3. The van der Waals surface area contributed by atoms with Crippen molar-refractivity contribution in [2.24, 2.45) is 0 Å². The monoisotopic (exact) mass is 639 g/mol. The fraction of sp³-hybridized carbons (Fsp3) is 0.179. The number of carboxylic acids is 1. The molecule has 0 saturated heterocycles. The highest BCUT2D eigenvalue weighted by molar-refractivity contribution is 9.10. The summed E-state index contributed by atoms with van der Waals surface area (Å²) in [6.07, 6.45) is 0.725. The first-order valence-corrected chi connectivity index (χ1v) is 14.3. The highest BCUT2D eigenvalue weighted by atomic mass is 79.9. The Morgan fingerprint density at radius 3 is 2.52 bits per heavy atom. The van der Waals surface area contributed by atoms with Gasteiger partial charge in [0, 0.05) is 15.8 Å². The predicted octanol–water partition coefficient (Wildman–Crippen LogP) is 5.82. The highest BCUT2D eigenvalue weighted by Gasteiger charge is 2.26. The summed E-state index contributed by atoms with van der Waals surface area (Å²) in [6.45, 7) is 3.38. The fourth-order valence-corrected chi connectivity index (χ4v) is 6.65. The molecule has 0 aliphatic heterocycles. The molecule has 0 aliphatic rings. The van der Waals surface area contributed by atoms with Crippen molar-refractivity contribution < 1.29 is 19.5 Å². The van der Waals surface area contributed by atoms with Crippen LogP contribution in [0.25, 0.3) is 15.9 Å². The molecule has 0 aliphatic carbocycles. The van der Waals surface area contributed by atoms with Crippen LogP contribution in [-0.2, 0) is 24.3 Å². The van der Waals surface area contributed by atoms with Crippen molar-refractivity contribution >= 4 is 67.4 Å². The summed E-state index contributed by atoms with van der Waals surface area (Å²) in [4.78, 5) is 39.6. The molecule has 0 saturated carbocycles. The van der Waals surface area contributed by atoms with Gasteiger partial charge in [0.25, 0.3) is 5.91 Å². The van der Waals surface area contributed by atoms with E-state index >= 15 is 0 Å². The van der Waals surface area contributed by atoms with Crippen LogP contribution in [0.2, 0.25) is 5.02 Å². The Balaban J connectivity index is 1.50. The minimum Gasteiger partial charge on any atom is -0.480 e. The predicted molar refractivity (Wildman–Crippen MR) is 157 cm³/mol. The van der Waals surface area contributed by atoms with Crippen molar-refractivity contribution in [3.8, 4) is 5.00 Å². The molecule has 5 aromatic rings. The standard InChI is InChI=1S/C28H23BrClN5O4S/c1-3-16-12-19(26(38)17-8-4-6-10-20(17)30)28(40-16)35-15(2)32-33-22(35)13-31-27(39)25-24(29)18-9-5-7-11-21(18)34(25)14-23(36)37/h4-12H,3,13-14H2,1-2H3,(H,31,39)(H,36,37). The number of benzene rings is 2. The van der Waals surface area contributed by atoms with E-state index in [1.54, 1.807) is 47.9 Å². The lowest BCUT2D eigenvalue weighted by atomic mass is 10.0. The number of rotatable bonds is 9. The maximum absolute atomic E-state index is 13.6. The lowest BCUT2D eigenvalue weighted by molar-refractivity contribution is -0.137. The van der Waals surface area contributed by atoms with E-state index in [4.69, 9.17) is 11.6 Å². The number of hydrogen-bond acceptors (Lipinski definition) is 6. The molecular formula is C28H23BrClN5O4S. The smallest absolute Gasteiger partial charge is 0.323 e. The number of aromatic nitrogens is 4. The van der Waals surface area contributed by atoms with Crippen molar-refractivity contribution in [1.82, 2.24) is 24.6 Å². The second kappa shape index (κ2) is 11.4. The zero-order valence-electron chi connectivity index (χ0n) is 21.4. The SMILES string of the molecule is CCc1cc(C(=O)c2ccccc2Cl)c(-n2c(C)nnc2CNC(=O)c2c(Br)c3ccccc3n2CC(=O)O)s1. The van der Waals surface area contributed by atoms with Crippen molar-refractivity contribution in [2.75, 3.05) is 0 Å². The van der Waals surface area contributed by atoms with Gasteiger partial charge in [-0.1, -0.05) is 48.9 Å². The van der Waals surface area contributed by atoms with Crippen LogP contribution in [0.3, 0.4) is 0 Å². The summed E-state index contributed by atoms with van der Waals surface area (Å²) in [5.41, 5.74) is 1.66. The van der Waals surface area contributed by atoms with E-state index < -0.39 is 11.9 Å². The van der Waals surface area contributed by atoms with Crippen LogP contribution in [0.1, 0.15) is 49.9 Å². The third-order valence-electron chi connectivity index (χ3n) is 6.39. The average molecular weight is 641 g/mol. The molecular weight excluding hydrogens is 618 g/mol. The first-order chi connectivity index (χ1) is 19.2.